The minimum atomic E-state index is -3.71. The van der Waals surface area contributed by atoms with Crippen molar-refractivity contribution in [3.63, 3.8) is 0 Å². The number of carbonyl (C=O) groups is 1. The number of aromatic nitrogens is 2. The largest absolute Gasteiger partial charge is 0.480 e. The van der Waals surface area contributed by atoms with E-state index in [-0.39, 0.29) is 5.75 Å². The first-order valence-electron chi connectivity index (χ1n) is 6.56. The predicted octanol–water partition coefficient (Wildman–Crippen LogP) is -1.07. The highest BCUT2D eigenvalue weighted by molar-refractivity contribution is 7.91. The van der Waals surface area contributed by atoms with Crippen molar-refractivity contribution in [2.75, 3.05) is 11.5 Å². The summed E-state index contributed by atoms with van der Waals surface area (Å²) in [7, 11) is -3.71. The van der Waals surface area contributed by atoms with Crippen LogP contribution in [0.5, 0.6) is 0 Å². The molecule has 0 radical (unpaired) electrons. The first-order valence-corrected chi connectivity index (χ1v) is 8.38. The van der Waals surface area contributed by atoms with E-state index >= 15 is 0 Å². The van der Waals surface area contributed by atoms with Crippen LogP contribution in [-0.4, -0.2) is 46.8 Å². The summed E-state index contributed by atoms with van der Waals surface area (Å²) in [6.07, 6.45) is 2.59. The third-order valence-corrected chi connectivity index (χ3v) is 5.21. The number of carboxylic acid groups (broad SMARTS) is 1. The third kappa shape index (κ3) is 3.70. The zero-order chi connectivity index (χ0) is 15.6. The number of hydrogen-bond acceptors (Lipinski definition) is 7. The molecule has 1 aliphatic rings. The number of aryl methyl sites for hydroxylation is 1. The first kappa shape index (κ1) is 15.7. The lowest BCUT2D eigenvalue weighted by atomic mass is 10.1. The zero-order valence-electron chi connectivity index (χ0n) is 11.3. The van der Waals surface area contributed by atoms with E-state index in [9.17, 15) is 18.0 Å². The van der Waals surface area contributed by atoms with E-state index in [1.807, 2.05) is 0 Å². The van der Waals surface area contributed by atoms with Crippen molar-refractivity contribution in [3.05, 3.63) is 16.4 Å². The number of hydrogen-bond donors (Lipinski definition) is 2. The summed E-state index contributed by atoms with van der Waals surface area (Å²) >= 11 is 0. The maximum atomic E-state index is 12.1. The van der Waals surface area contributed by atoms with Gasteiger partial charge in [-0.1, -0.05) is 11.6 Å². The quantitative estimate of drug-likeness (QED) is 0.697. The van der Waals surface area contributed by atoms with Gasteiger partial charge in [-0.2, -0.15) is 0 Å². The lowest BCUT2D eigenvalue weighted by Gasteiger charge is -2.17. The van der Waals surface area contributed by atoms with Gasteiger partial charge in [-0.25, -0.2) is 13.2 Å². The maximum absolute atomic E-state index is 12.1. The Morgan fingerprint density at radius 1 is 1.52 bits per heavy atom. The molecule has 1 aromatic rings. The van der Waals surface area contributed by atoms with Crippen LogP contribution in [0.1, 0.15) is 31.1 Å². The van der Waals surface area contributed by atoms with Gasteiger partial charge in [0.1, 0.15) is 6.04 Å². The van der Waals surface area contributed by atoms with Gasteiger partial charge in [-0.15, -0.1) is 0 Å². The molecule has 9 nitrogen and oxygen atoms in total. The van der Waals surface area contributed by atoms with Crippen LogP contribution in [0, 0.1) is 0 Å². The Morgan fingerprint density at radius 3 is 2.90 bits per heavy atom. The number of fused-ring (bicyclic) bond motifs is 1. The fraction of sp³-hybridized carbons (Fsp3) is 0.727. The van der Waals surface area contributed by atoms with E-state index < -0.39 is 39.4 Å². The van der Waals surface area contributed by atoms with E-state index in [0.29, 0.717) is 18.7 Å². The molecule has 21 heavy (non-hydrogen) atoms. The summed E-state index contributed by atoms with van der Waals surface area (Å²) < 4.78 is 30.0. The van der Waals surface area contributed by atoms with Crippen molar-refractivity contribution in [2.24, 2.45) is 5.73 Å². The zero-order valence-corrected chi connectivity index (χ0v) is 12.1. The van der Waals surface area contributed by atoms with Crippen LogP contribution >= 0.6 is 0 Å². The van der Waals surface area contributed by atoms with E-state index in [2.05, 4.69) is 9.68 Å². The van der Waals surface area contributed by atoms with Gasteiger partial charge >= 0.3 is 11.7 Å². The number of sulfone groups is 1. The molecule has 0 fully saturated rings. The molecule has 0 spiro atoms. The second-order valence-corrected chi connectivity index (χ2v) is 7.31. The average Bonchev–Trinajstić information content (AvgIpc) is 2.62. The Hall–Kier alpha value is -1.68. The molecule has 0 saturated carbocycles. The molecule has 118 valence electrons. The Bertz CT molecular complexity index is 676. The van der Waals surface area contributed by atoms with Gasteiger partial charge in [0.25, 0.3) is 0 Å². The van der Waals surface area contributed by atoms with Gasteiger partial charge < -0.3 is 10.8 Å². The van der Waals surface area contributed by atoms with Gasteiger partial charge in [0.05, 0.1) is 17.5 Å². The van der Waals surface area contributed by atoms with Crippen LogP contribution in [0.25, 0.3) is 0 Å². The standard InChI is InChI=1S/C11H17N3O6S/c12-8(10(15)16)6-21(18,19)5-7-3-1-2-4-9-13-20-11(17)14(7)9/h7-8H,1-6,12H2,(H,15,16)/t7?,8-/m0/s1. The number of nitrogens with zero attached hydrogens (tertiary/aromatic N) is 2. The Labute approximate surface area is 120 Å². The summed E-state index contributed by atoms with van der Waals surface area (Å²) in [6.45, 7) is 0. The lowest BCUT2D eigenvalue weighted by molar-refractivity contribution is -0.137. The van der Waals surface area contributed by atoms with Gasteiger partial charge in [0.2, 0.25) is 0 Å². The van der Waals surface area contributed by atoms with Crippen LogP contribution in [0.3, 0.4) is 0 Å². The molecule has 2 heterocycles. The van der Waals surface area contributed by atoms with E-state index in [1.54, 1.807) is 0 Å². The molecule has 0 saturated heterocycles. The summed E-state index contributed by atoms with van der Waals surface area (Å²) in [5.74, 6) is -2.63. The highest BCUT2D eigenvalue weighted by Gasteiger charge is 2.30. The van der Waals surface area contributed by atoms with Crippen LogP contribution in [0.15, 0.2) is 9.32 Å². The normalized spacial score (nSPS) is 20.5. The van der Waals surface area contributed by atoms with Crippen molar-refractivity contribution < 1.29 is 22.8 Å². The summed E-state index contributed by atoms with van der Waals surface area (Å²) in [4.78, 5) is 22.3. The van der Waals surface area contributed by atoms with Crippen molar-refractivity contribution in [1.29, 1.82) is 0 Å². The summed E-state index contributed by atoms with van der Waals surface area (Å²) in [6, 6.07) is -2.06. The molecule has 1 aromatic heterocycles. The van der Waals surface area contributed by atoms with E-state index in [4.69, 9.17) is 10.8 Å². The molecule has 2 rings (SSSR count). The Morgan fingerprint density at radius 2 is 2.24 bits per heavy atom. The van der Waals surface area contributed by atoms with Gasteiger partial charge in [-0.05, 0) is 12.8 Å². The number of carboxylic acids is 1. The molecule has 1 unspecified atom stereocenters. The molecule has 10 heteroatoms. The Balaban J connectivity index is 2.21. The second kappa shape index (κ2) is 5.98. The molecule has 2 atom stereocenters. The number of nitrogens with two attached hydrogens (primary N) is 1. The fourth-order valence-corrected chi connectivity index (χ4v) is 4.19. The van der Waals surface area contributed by atoms with Crippen molar-refractivity contribution in [1.82, 2.24) is 9.72 Å². The fourth-order valence-electron chi connectivity index (χ4n) is 2.47. The molecule has 0 amide bonds. The summed E-state index contributed by atoms with van der Waals surface area (Å²) in [5, 5.41) is 12.3. The molecule has 3 N–H and O–H groups in total. The second-order valence-electron chi connectivity index (χ2n) is 5.16. The first-order chi connectivity index (χ1) is 9.80. The molecular formula is C11H17N3O6S. The smallest absolute Gasteiger partial charge is 0.441 e. The highest BCUT2D eigenvalue weighted by Crippen LogP contribution is 2.23. The van der Waals surface area contributed by atoms with Crippen LogP contribution in [0.4, 0.5) is 0 Å². The van der Waals surface area contributed by atoms with Crippen LogP contribution in [0.2, 0.25) is 0 Å². The average molecular weight is 319 g/mol. The third-order valence-electron chi connectivity index (χ3n) is 3.45. The van der Waals surface area contributed by atoms with E-state index in [0.717, 1.165) is 12.8 Å². The minimum Gasteiger partial charge on any atom is -0.480 e. The number of rotatable bonds is 5. The molecule has 1 aliphatic heterocycles. The van der Waals surface area contributed by atoms with E-state index in [1.165, 1.54) is 4.57 Å². The molecular weight excluding hydrogens is 302 g/mol. The minimum absolute atomic E-state index is 0.345. The van der Waals surface area contributed by atoms with Gasteiger partial charge in [0, 0.05) is 6.42 Å². The van der Waals surface area contributed by atoms with Crippen molar-refractivity contribution >= 4 is 15.8 Å². The Kier molecular flexibility index (Phi) is 4.47. The molecule has 0 bridgehead atoms. The van der Waals surface area contributed by atoms with Crippen LogP contribution in [-0.2, 0) is 21.1 Å². The topological polar surface area (TPSA) is 145 Å². The van der Waals surface area contributed by atoms with Gasteiger partial charge in [-0.3, -0.25) is 13.9 Å². The lowest BCUT2D eigenvalue weighted by Crippen LogP contribution is -2.39. The monoisotopic (exact) mass is 319 g/mol. The maximum Gasteiger partial charge on any atom is 0.441 e. The highest BCUT2D eigenvalue weighted by atomic mass is 32.2. The van der Waals surface area contributed by atoms with Crippen molar-refractivity contribution in [3.8, 4) is 0 Å². The van der Waals surface area contributed by atoms with Gasteiger partial charge in [0.15, 0.2) is 15.7 Å². The van der Waals surface area contributed by atoms with Crippen molar-refractivity contribution in [2.45, 2.75) is 37.8 Å². The number of aliphatic carboxylic acids is 1. The summed E-state index contributed by atoms with van der Waals surface area (Å²) in [5.41, 5.74) is 5.27. The molecule has 0 aromatic carbocycles. The SMILES string of the molecule is N[C@@H](CS(=O)(=O)CC1CCCCc2noc(=O)n21)C(=O)O. The molecule has 0 aliphatic carbocycles. The van der Waals surface area contributed by atoms with Crippen LogP contribution < -0.4 is 11.5 Å². The predicted molar refractivity (Wildman–Crippen MR) is 71.6 cm³/mol.